The molecule has 0 aromatic heterocycles. The predicted molar refractivity (Wildman–Crippen MR) is 72.2 cm³/mol. The largest absolute Gasteiger partial charge is 0.495 e. The summed E-state index contributed by atoms with van der Waals surface area (Å²) in [6.45, 7) is 0. The molecule has 6 nitrogen and oxygen atoms in total. The molecule has 0 aliphatic carbocycles. The second-order valence-electron chi connectivity index (χ2n) is 4.37. The lowest BCUT2D eigenvalue weighted by Crippen LogP contribution is -2.29. The third-order valence-electron chi connectivity index (χ3n) is 3.01. The zero-order valence-corrected chi connectivity index (χ0v) is 11.5. The smallest absolute Gasteiger partial charge is 0.332 e. The standard InChI is InChI=1S/C13H14ClNO5/c1-19-9-3-2-7(6-8(9)14)15-12(16)10-4-5-11(20-10)13(17)18/h2-3,6,10-11H,4-5H2,1H3,(H,15,16)(H,17,18). The first-order valence-electron chi connectivity index (χ1n) is 6.04. The molecule has 0 bridgehead atoms. The molecule has 0 radical (unpaired) electrons. The molecule has 1 aliphatic heterocycles. The number of nitrogens with one attached hydrogen (secondary N) is 1. The second-order valence-corrected chi connectivity index (χ2v) is 4.77. The van der Waals surface area contributed by atoms with Gasteiger partial charge in [0.25, 0.3) is 5.91 Å². The highest BCUT2D eigenvalue weighted by atomic mass is 35.5. The van der Waals surface area contributed by atoms with Gasteiger partial charge in [0.15, 0.2) is 6.10 Å². The van der Waals surface area contributed by atoms with E-state index >= 15 is 0 Å². The fourth-order valence-electron chi connectivity index (χ4n) is 1.98. The zero-order chi connectivity index (χ0) is 14.7. The van der Waals surface area contributed by atoms with Gasteiger partial charge in [-0.1, -0.05) is 11.6 Å². The van der Waals surface area contributed by atoms with E-state index in [0.29, 0.717) is 29.3 Å². The Kier molecular flexibility index (Phi) is 4.46. The van der Waals surface area contributed by atoms with E-state index in [9.17, 15) is 9.59 Å². The minimum atomic E-state index is -1.05. The van der Waals surface area contributed by atoms with E-state index in [-0.39, 0.29) is 5.91 Å². The van der Waals surface area contributed by atoms with Gasteiger partial charge in [-0.05, 0) is 31.0 Å². The van der Waals surface area contributed by atoms with E-state index < -0.39 is 18.2 Å². The van der Waals surface area contributed by atoms with Gasteiger partial charge in [0.1, 0.15) is 11.9 Å². The number of benzene rings is 1. The van der Waals surface area contributed by atoms with Crippen molar-refractivity contribution >= 4 is 29.2 Å². The van der Waals surface area contributed by atoms with Gasteiger partial charge in [-0.2, -0.15) is 0 Å². The van der Waals surface area contributed by atoms with Crippen LogP contribution < -0.4 is 10.1 Å². The van der Waals surface area contributed by atoms with Gasteiger partial charge in [0.05, 0.1) is 12.1 Å². The Morgan fingerprint density at radius 1 is 1.40 bits per heavy atom. The van der Waals surface area contributed by atoms with Crippen LogP contribution in [0.1, 0.15) is 12.8 Å². The molecule has 7 heteroatoms. The first-order valence-corrected chi connectivity index (χ1v) is 6.41. The number of carbonyl (C=O) groups excluding carboxylic acids is 1. The Balaban J connectivity index is 1.98. The van der Waals surface area contributed by atoms with E-state index in [4.69, 9.17) is 26.2 Å². The lowest BCUT2D eigenvalue weighted by Gasteiger charge is -2.12. The van der Waals surface area contributed by atoms with Crippen molar-refractivity contribution < 1.29 is 24.2 Å². The topological polar surface area (TPSA) is 84.9 Å². The molecular formula is C13H14ClNO5. The summed E-state index contributed by atoms with van der Waals surface area (Å²) in [7, 11) is 1.50. The fourth-order valence-corrected chi connectivity index (χ4v) is 2.24. The highest BCUT2D eigenvalue weighted by molar-refractivity contribution is 6.32. The number of halogens is 1. The maximum absolute atomic E-state index is 11.9. The molecule has 1 aromatic carbocycles. The van der Waals surface area contributed by atoms with Gasteiger partial charge in [-0.15, -0.1) is 0 Å². The van der Waals surface area contributed by atoms with E-state index in [1.165, 1.54) is 7.11 Å². The lowest BCUT2D eigenvalue weighted by molar-refractivity contribution is -0.150. The molecule has 1 amide bonds. The molecule has 2 unspecified atom stereocenters. The average Bonchev–Trinajstić information content (AvgIpc) is 2.88. The SMILES string of the molecule is COc1ccc(NC(=O)C2CCC(C(=O)O)O2)cc1Cl. The van der Waals surface area contributed by atoms with Crippen molar-refractivity contribution in [2.45, 2.75) is 25.0 Å². The van der Waals surface area contributed by atoms with Crippen molar-refractivity contribution in [2.24, 2.45) is 0 Å². The highest BCUT2D eigenvalue weighted by Crippen LogP contribution is 2.28. The molecular weight excluding hydrogens is 286 g/mol. The van der Waals surface area contributed by atoms with Crippen LogP contribution in [0.2, 0.25) is 5.02 Å². The molecule has 108 valence electrons. The maximum Gasteiger partial charge on any atom is 0.332 e. The zero-order valence-electron chi connectivity index (χ0n) is 10.8. The Bertz CT molecular complexity index is 533. The van der Waals surface area contributed by atoms with E-state index in [2.05, 4.69) is 5.32 Å². The number of carboxylic acid groups (broad SMARTS) is 1. The van der Waals surface area contributed by atoms with Crippen molar-refractivity contribution in [3.63, 3.8) is 0 Å². The quantitative estimate of drug-likeness (QED) is 0.887. The molecule has 2 rings (SSSR count). The monoisotopic (exact) mass is 299 g/mol. The van der Waals surface area contributed by atoms with Crippen LogP contribution in [0.15, 0.2) is 18.2 Å². The number of hydrogen-bond donors (Lipinski definition) is 2. The first-order chi connectivity index (χ1) is 9.51. The number of aliphatic carboxylic acids is 1. The number of amides is 1. The van der Waals surface area contributed by atoms with Crippen LogP contribution in [0.4, 0.5) is 5.69 Å². The van der Waals surface area contributed by atoms with Crippen LogP contribution in [0.5, 0.6) is 5.75 Å². The highest BCUT2D eigenvalue weighted by Gasteiger charge is 2.34. The van der Waals surface area contributed by atoms with Crippen LogP contribution in [0.25, 0.3) is 0 Å². The molecule has 1 heterocycles. The Morgan fingerprint density at radius 2 is 2.10 bits per heavy atom. The van der Waals surface area contributed by atoms with Crippen LogP contribution in [0.3, 0.4) is 0 Å². The summed E-state index contributed by atoms with van der Waals surface area (Å²) >= 11 is 5.95. The Morgan fingerprint density at radius 3 is 2.65 bits per heavy atom. The lowest BCUT2D eigenvalue weighted by atomic mass is 10.2. The number of hydrogen-bond acceptors (Lipinski definition) is 4. The van der Waals surface area contributed by atoms with E-state index in [1.54, 1.807) is 18.2 Å². The maximum atomic E-state index is 11.9. The average molecular weight is 300 g/mol. The van der Waals surface area contributed by atoms with Gasteiger partial charge in [0.2, 0.25) is 0 Å². The number of rotatable bonds is 4. The van der Waals surface area contributed by atoms with Crippen molar-refractivity contribution in [2.75, 3.05) is 12.4 Å². The molecule has 1 saturated heterocycles. The summed E-state index contributed by atoms with van der Waals surface area (Å²) in [4.78, 5) is 22.7. The van der Waals surface area contributed by atoms with Crippen LogP contribution in [-0.4, -0.2) is 36.3 Å². The summed E-state index contributed by atoms with van der Waals surface area (Å²) in [5.41, 5.74) is 0.503. The van der Waals surface area contributed by atoms with Gasteiger partial charge in [0, 0.05) is 5.69 Å². The van der Waals surface area contributed by atoms with Gasteiger partial charge in [-0.3, -0.25) is 4.79 Å². The normalized spacial score (nSPS) is 21.5. The molecule has 1 fully saturated rings. The third-order valence-corrected chi connectivity index (χ3v) is 3.30. The van der Waals surface area contributed by atoms with Crippen LogP contribution in [0, 0.1) is 0 Å². The van der Waals surface area contributed by atoms with Gasteiger partial charge in [-0.25, -0.2) is 4.79 Å². The minimum Gasteiger partial charge on any atom is -0.495 e. The minimum absolute atomic E-state index is 0.330. The molecule has 2 atom stereocenters. The Labute approximate surface area is 120 Å². The fraction of sp³-hybridized carbons (Fsp3) is 0.385. The van der Waals surface area contributed by atoms with Crippen molar-refractivity contribution in [3.8, 4) is 5.75 Å². The Hall–Kier alpha value is -1.79. The molecule has 1 aromatic rings. The summed E-state index contributed by atoms with van der Waals surface area (Å²) < 4.78 is 10.2. The van der Waals surface area contributed by atoms with Gasteiger partial charge >= 0.3 is 5.97 Å². The van der Waals surface area contributed by atoms with Crippen molar-refractivity contribution in [1.82, 2.24) is 0 Å². The van der Waals surface area contributed by atoms with Crippen LogP contribution >= 0.6 is 11.6 Å². The van der Waals surface area contributed by atoms with Crippen molar-refractivity contribution in [1.29, 1.82) is 0 Å². The van der Waals surface area contributed by atoms with E-state index in [0.717, 1.165) is 0 Å². The van der Waals surface area contributed by atoms with Crippen molar-refractivity contribution in [3.05, 3.63) is 23.2 Å². The number of anilines is 1. The summed E-state index contributed by atoms with van der Waals surface area (Å²) in [6, 6.07) is 4.83. The number of ether oxygens (including phenoxy) is 2. The molecule has 0 saturated carbocycles. The molecule has 2 N–H and O–H groups in total. The summed E-state index contributed by atoms with van der Waals surface area (Å²) in [5.74, 6) is -0.921. The molecule has 1 aliphatic rings. The van der Waals surface area contributed by atoms with E-state index in [1.807, 2.05) is 0 Å². The predicted octanol–water partition coefficient (Wildman–Crippen LogP) is 1.92. The van der Waals surface area contributed by atoms with Crippen LogP contribution in [-0.2, 0) is 14.3 Å². The number of methoxy groups -OCH3 is 1. The second kappa shape index (κ2) is 6.11. The van der Waals surface area contributed by atoms with Gasteiger partial charge < -0.3 is 19.9 Å². The summed E-state index contributed by atoms with van der Waals surface area (Å²) in [5, 5.41) is 11.8. The number of carbonyl (C=O) groups is 2. The molecule has 0 spiro atoms. The third kappa shape index (κ3) is 3.20. The molecule has 20 heavy (non-hydrogen) atoms. The summed E-state index contributed by atoms with van der Waals surface area (Å²) in [6.07, 6.45) is -0.953. The first kappa shape index (κ1) is 14.6. The number of carboxylic acids is 1.